The molecular weight excluding hydrogens is 381 g/mol. The van der Waals surface area contributed by atoms with Crippen LogP contribution in [0.4, 0.5) is 5.69 Å². The molecule has 0 fully saturated rings. The molecule has 0 atom stereocenters. The molecule has 0 saturated carbocycles. The highest BCUT2D eigenvalue weighted by Gasteiger charge is 2.12. The van der Waals surface area contributed by atoms with E-state index in [2.05, 4.69) is 20.8 Å². The molecule has 1 N–H and O–H groups in total. The first kappa shape index (κ1) is 17.7. The van der Waals surface area contributed by atoms with Crippen LogP contribution in [0.25, 0.3) is 5.69 Å². The molecule has 0 aliphatic rings. The number of hydrogen-bond acceptors (Lipinski definition) is 5. The molecule has 9 heteroatoms. The number of tetrazole rings is 1. The summed E-state index contributed by atoms with van der Waals surface area (Å²) in [5, 5.41) is 16.1. The first-order chi connectivity index (χ1) is 12.0. The second kappa shape index (κ2) is 7.86. The lowest BCUT2D eigenvalue weighted by Gasteiger charge is -2.07. The summed E-state index contributed by atoms with van der Waals surface area (Å²) in [5.41, 5.74) is 2.37. The van der Waals surface area contributed by atoms with E-state index in [-0.39, 0.29) is 11.7 Å². The third kappa shape index (κ3) is 4.50. The zero-order valence-corrected chi connectivity index (χ0v) is 15.4. The number of aromatic nitrogens is 4. The Hall–Kier alpha value is -2.09. The van der Waals surface area contributed by atoms with Gasteiger partial charge in [0.15, 0.2) is 0 Å². The third-order valence-electron chi connectivity index (χ3n) is 3.30. The predicted molar refractivity (Wildman–Crippen MR) is 99.7 cm³/mol. The topological polar surface area (TPSA) is 72.7 Å². The van der Waals surface area contributed by atoms with Crippen molar-refractivity contribution < 1.29 is 4.79 Å². The SMILES string of the molecule is Cc1ccc(NC(=O)CSc2nnnn2-c2ccc(Cl)cc2)cc1Cl. The monoisotopic (exact) mass is 393 g/mol. The summed E-state index contributed by atoms with van der Waals surface area (Å²) < 4.78 is 1.55. The summed E-state index contributed by atoms with van der Waals surface area (Å²) in [7, 11) is 0. The van der Waals surface area contributed by atoms with Gasteiger partial charge in [0, 0.05) is 15.7 Å². The summed E-state index contributed by atoms with van der Waals surface area (Å²) in [6, 6.07) is 12.5. The molecule has 0 aliphatic heterocycles. The highest BCUT2D eigenvalue weighted by atomic mass is 35.5. The van der Waals surface area contributed by atoms with Crippen LogP contribution in [-0.4, -0.2) is 31.9 Å². The summed E-state index contributed by atoms with van der Waals surface area (Å²) in [5.74, 6) is -0.00463. The van der Waals surface area contributed by atoms with Crippen molar-refractivity contribution in [3.8, 4) is 5.69 Å². The normalized spacial score (nSPS) is 10.7. The van der Waals surface area contributed by atoms with E-state index in [1.165, 1.54) is 11.8 Å². The predicted octanol–water partition coefficient (Wildman–Crippen LogP) is 4.01. The Balaban J connectivity index is 1.64. The van der Waals surface area contributed by atoms with Crippen LogP contribution in [-0.2, 0) is 4.79 Å². The number of nitrogens with one attached hydrogen (secondary N) is 1. The number of hydrogen-bond donors (Lipinski definition) is 1. The molecular formula is C16H13Cl2N5OS. The van der Waals surface area contributed by atoms with Crippen LogP contribution < -0.4 is 5.32 Å². The molecule has 3 aromatic rings. The maximum atomic E-state index is 12.1. The minimum Gasteiger partial charge on any atom is -0.325 e. The molecule has 3 rings (SSSR count). The van der Waals surface area contributed by atoms with Gasteiger partial charge in [0.2, 0.25) is 11.1 Å². The van der Waals surface area contributed by atoms with E-state index in [1.54, 1.807) is 35.0 Å². The van der Waals surface area contributed by atoms with Crippen LogP contribution >= 0.6 is 35.0 Å². The average Bonchev–Trinajstić information content (AvgIpc) is 3.06. The number of halogens is 2. The molecule has 0 bridgehead atoms. The lowest BCUT2D eigenvalue weighted by atomic mass is 10.2. The van der Waals surface area contributed by atoms with Gasteiger partial charge in [0.05, 0.1) is 11.4 Å². The number of aryl methyl sites for hydroxylation is 1. The maximum absolute atomic E-state index is 12.1. The number of carbonyl (C=O) groups excluding carboxylic acids is 1. The van der Waals surface area contributed by atoms with Crippen molar-refractivity contribution in [2.75, 3.05) is 11.1 Å². The highest BCUT2D eigenvalue weighted by Crippen LogP contribution is 2.22. The number of amides is 1. The largest absolute Gasteiger partial charge is 0.325 e. The molecule has 1 aromatic heterocycles. The van der Waals surface area contributed by atoms with Gasteiger partial charge in [0.1, 0.15) is 0 Å². The van der Waals surface area contributed by atoms with E-state index >= 15 is 0 Å². The lowest BCUT2D eigenvalue weighted by Crippen LogP contribution is -2.14. The molecule has 128 valence electrons. The van der Waals surface area contributed by atoms with Crippen molar-refractivity contribution in [1.29, 1.82) is 0 Å². The standard InChI is InChI=1S/C16H13Cl2N5OS/c1-10-2-5-12(8-14(10)18)19-15(24)9-25-16-20-21-22-23(16)13-6-3-11(17)4-7-13/h2-8H,9H2,1H3,(H,19,24). The van der Waals surface area contributed by atoms with Gasteiger partial charge in [-0.2, -0.15) is 4.68 Å². The third-order valence-corrected chi connectivity index (χ3v) is 4.88. The number of rotatable bonds is 5. The maximum Gasteiger partial charge on any atom is 0.234 e. The van der Waals surface area contributed by atoms with Gasteiger partial charge in [-0.05, 0) is 59.3 Å². The van der Waals surface area contributed by atoms with Gasteiger partial charge in [0.25, 0.3) is 0 Å². The molecule has 6 nitrogen and oxygen atoms in total. The number of nitrogens with zero attached hydrogens (tertiary/aromatic N) is 4. The van der Waals surface area contributed by atoms with Gasteiger partial charge in [-0.15, -0.1) is 5.10 Å². The Morgan fingerprint density at radius 3 is 2.68 bits per heavy atom. The van der Waals surface area contributed by atoms with Gasteiger partial charge in [-0.3, -0.25) is 4.79 Å². The number of anilines is 1. The second-order valence-electron chi connectivity index (χ2n) is 5.15. The molecule has 25 heavy (non-hydrogen) atoms. The molecule has 0 aliphatic carbocycles. The number of benzene rings is 2. The van der Waals surface area contributed by atoms with Gasteiger partial charge >= 0.3 is 0 Å². The van der Waals surface area contributed by atoms with Crippen LogP contribution in [0, 0.1) is 6.92 Å². The molecule has 0 unspecified atom stereocenters. The minimum atomic E-state index is -0.171. The van der Waals surface area contributed by atoms with E-state index < -0.39 is 0 Å². The Labute approximate surface area is 158 Å². The number of thioether (sulfide) groups is 1. The van der Waals surface area contributed by atoms with Crippen LogP contribution in [0.1, 0.15) is 5.56 Å². The quantitative estimate of drug-likeness (QED) is 0.662. The molecule has 2 aromatic carbocycles. The fourth-order valence-electron chi connectivity index (χ4n) is 2.01. The Morgan fingerprint density at radius 2 is 1.96 bits per heavy atom. The summed E-state index contributed by atoms with van der Waals surface area (Å²) in [4.78, 5) is 12.1. The fraction of sp³-hybridized carbons (Fsp3) is 0.125. The van der Waals surface area contributed by atoms with Crippen LogP contribution in [0.15, 0.2) is 47.6 Å². The van der Waals surface area contributed by atoms with Gasteiger partial charge in [-0.25, -0.2) is 0 Å². The van der Waals surface area contributed by atoms with E-state index in [4.69, 9.17) is 23.2 Å². The Kier molecular flexibility index (Phi) is 5.57. The first-order valence-corrected chi connectivity index (χ1v) is 9.00. The molecule has 1 heterocycles. The van der Waals surface area contributed by atoms with Crippen molar-refractivity contribution in [1.82, 2.24) is 20.2 Å². The van der Waals surface area contributed by atoms with Crippen LogP contribution in [0.5, 0.6) is 0 Å². The van der Waals surface area contributed by atoms with E-state index in [1.807, 2.05) is 19.1 Å². The Morgan fingerprint density at radius 1 is 1.20 bits per heavy atom. The second-order valence-corrected chi connectivity index (χ2v) is 6.94. The van der Waals surface area contributed by atoms with E-state index in [0.29, 0.717) is 20.9 Å². The van der Waals surface area contributed by atoms with Crippen LogP contribution in [0.3, 0.4) is 0 Å². The summed E-state index contributed by atoms with van der Waals surface area (Å²) in [6.45, 7) is 1.90. The summed E-state index contributed by atoms with van der Waals surface area (Å²) in [6.07, 6.45) is 0. The van der Waals surface area contributed by atoms with Crippen molar-refractivity contribution in [2.45, 2.75) is 12.1 Å². The fourth-order valence-corrected chi connectivity index (χ4v) is 3.01. The zero-order valence-electron chi connectivity index (χ0n) is 13.1. The summed E-state index contributed by atoms with van der Waals surface area (Å²) >= 11 is 13.2. The van der Waals surface area contributed by atoms with Gasteiger partial charge in [-0.1, -0.05) is 41.0 Å². The van der Waals surface area contributed by atoms with Crippen molar-refractivity contribution >= 4 is 46.6 Å². The van der Waals surface area contributed by atoms with Crippen molar-refractivity contribution in [3.05, 3.63) is 58.1 Å². The highest BCUT2D eigenvalue weighted by molar-refractivity contribution is 7.99. The zero-order chi connectivity index (χ0) is 17.8. The van der Waals surface area contributed by atoms with E-state index in [9.17, 15) is 4.79 Å². The first-order valence-electron chi connectivity index (χ1n) is 7.26. The molecule has 1 amide bonds. The van der Waals surface area contributed by atoms with E-state index in [0.717, 1.165) is 11.3 Å². The van der Waals surface area contributed by atoms with Crippen molar-refractivity contribution in [3.63, 3.8) is 0 Å². The lowest BCUT2D eigenvalue weighted by molar-refractivity contribution is -0.113. The molecule has 0 spiro atoms. The van der Waals surface area contributed by atoms with Crippen molar-refractivity contribution in [2.24, 2.45) is 0 Å². The number of carbonyl (C=O) groups is 1. The minimum absolute atomic E-state index is 0.166. The molecule has 0 saturated heterocycles. The Bertz CT molecular complexity index is 898. The average molecular weight is 394 g/mol. The molecule has 0 radical (unpaired) electrons. The van der Waals surface area contributed by atoms with Crippen LogP contribution in [0.2, 0.25) is 10.0 Å². The smallest absolute Gasteiger partial charge is 0.234 e. The van der Waals surface area contributed by atoms with Gasteiger partial charge < -0.3 is 5.32 Å².